The summed E-state index contributed by atoms with van der Waals surface area (Å²) in [5.41, 5.74) is 0. The van der Waals surface area contributed by atoms with E-state index in [9.17, 15) is 0 Å². The van der Waals surface area contributed by atoms with E-state index in [0.717, 1.165) is 26.2 Å². The number of hydrogen-bond donors (Lipinski definition) is 2. The predicted molar refractivity (Wildman–Crippen MR) is 54.3 cm³/mol. The number of aliphatic hydroxyl groups is 1. The molecule has 0 bridgehead atoms. The van der Waals surface area contributed by atoms with Crippen LogP contribution in [0, 0.1) is 5.92 Å². The Labute approximate surface area is 85.6 Å². The first kappa shape index (κ1) is 11.9. The summed E-state index contributed by atoms with van der Waals surface area (Å²) in [7, 11) is 1.70. The Hall–Kier alpha value is -0.160. The summed E-state index contributed by atoms with van der Waals surface area (Å²) < 4.78 is 10.6. The number of hydrogen-bond acceptors (Lipinski definition) is 4. The van der Waals surface area contributed by atoms with Crippen molar-refractivity contribution in [3.8, 4) is 0 Å². The van der Waals surface area contributed by atoms with E-state index in [1.165, 1.54) is 0 Å². The molecule has 0 aromatic heterocycles. The van der Waals surface area contributed by atoms with Crippen LogP contribution in [0.25, 0.3) is 0 Å². The van der Waals surface area contributed by atoms with Crippen LogP contribution in [0.1, 0.15) is 13.3 Å². The quantitative estimate of drug-likeness (QED) is 0.597. The lowest BCUT2D eigenvalue weighted by atomic mass is 10.0. The first-order valence-electron chi connectivity index (χ1n) is 5.24. The molecule has 14 heavy (non-hydrogen) atoms. The molecular formula is C10H21NO3. The normalized spacial score (nSPS) is 32.4. The lowest BCUT2D eigenvalue weighted by Crippen LogP contribution is -2.30. The fourth-order valence-corrected chi connectivity index (χ4v) is 1.78. The molecule has 3 atom stereocenters. The minimum Gasteiger partial charge on any atom is -0.395 e. The molecule has 0 aromatic carbocycles. The van der Waals surface area contributed by atoms with Crippen LogP contribution in [0.3, 0.4) is 0 Å². The van der Waals surface area contributed by atoms with Gasteiger partial charge in [-0.2, -0.15) is 0 Å². The van der Waals surface area contributed by atoms with Gasteiger partial charge in [0.05, 0.1) is 12.7 Å². The number of rotatable bonds is 6. The molecule has 0 radical (unpaired) electrons. The van der Waals surface area contributed by atoms with Crippen LogP contribution in [0.15, 0.2) is 0 Å². The van der Waals surface area contributed by atoms with Gasteiger partial charge < -0.3 is 19.9 Å². The Kier molecular flexibility index (Phi) is 5.40. The number of aliphatic hydroxyl groups excluding tert-OH is 1. The van der Waals surface area contributed by atoms with Gasteiger partial charge in [0.2, 0.25) is 0 Å². The van der Waals surface area contributed by atoms with E-state index >= 15 is 0 Å². The zero-order valence-corrected chi connectivity index (χ0v) is 9.03. The highest BCUT2D eigenvalue weighted by Gasteiger charge is 2.32. The standard InChI is InChI=1S/C10H21NO3/c1-8-9(7-12)11-6-10(8)14-5-3-4-13-2/h8-12H,3-7H2,1-2H3/t8-,9-,10-/m0/s1. The molecule has 2 N–H and O–H groups in total. The summed E-state index contributed by atoms with van der Waals surface area (Å²) in [5, 5.41) is 12.3. The Balaban J connectivity index is 2.13. The molecular weight excluding hydrogens is 182 g/mol. The van der Waals surface area contributed by atoms with Gasteiger partial charge in [0.15, 0.2) is 0 Å². The predicted octanol–water partition coefficient (Wildman–Crippen LogP) is 0.00830. The van der Waals surface area contributed by atoms with Crippen molar-refractivity contribution in [1.29, 1.82) is 0 Å². The van der Waals surface area contributed by atoms with Gasteiger partial charge >= 0.3 is 0 Å². The fraction of sp³-hybridized carbons (Fsp3) is 1.00. The highest BCUT2D eigenvalue weighted by atomic mass is 16.5. The third-order valence-corrected chi connectivity index (χ3v) is 2.82. The second-order valence-electron chi connectivity index (χ2n) is 3.81. The SMILES string of the molecule is COCCCO[C@H]1CN[C@@H](CO)[C@@H]1C. The fourth-order valence-electron chi connectivity index (χ4n) is 1.78. The average Bonchev–Trinajstić information content (AvgIpc) is 2.55. The molecule has 1 fully saturated rings. The number of methoxy groups -OCH3 is 1. The molecule has 0 aromatic rings. The molecule has 1 saturated heterocycles. The Morgan fingerprint density at radius 1 is 1.43 bits per heavy atom. The van der Waals surface area contributed by atoms with Gasteiger partial charge in [-0.15, -0.1) is 0 Å². The van der Waals surface area contributed by atoms with E-state index in [2.05, 4.69) is 12.2 Å². The number of nitrogens with one attached hydrogen (secondary N) is 1. The van der Waals surface area contributed by atoms with Gasteiger partial charge in [-0.1, -0.05) is 6.92 Å². The summed E-state index contributed by atoms with van der Waals surface area (Å²) in [4.78, 5) is 0. The maximum atomic E-state index is 9.03. The highest BCUT2D eigenvalue weighted by molar-refractivity contribution is 4.88. The van der Waals surface area contributed by atoms with Crippen molar-refractivity contribution in [1.82, 2.24) is 5.32 Å². The molecule has 4 heteroatoms. The zero-order valence-electron chi connectivity index (χ0n) is 9.03. The highest BCUT2D eigenvalue weighted by Crippen LogP contribution is 2.18. The Bertz CT molecular complexity index is 154. The van der Waals surface area contributed by atoms with Crippen molar-refractivity contribution in [2.75, 3.05) is 33.5 Å². The van der Waals surface area contributed by atoms with Gasteiger partial charge in [-0.05, 0) is 6.42 Å². The van der Waals surface area contributed by atoms with Crippen LogP contribution in [0.4, 0.5) is 0 Å². The van der Waals surface area contributed by atoms with Crippen LogP contribution in [0.2, 0.25) is 0 Å². The smallest absolute Gasteiger partial charge is 0.0740 e. The largest absolute Gasteiger partial charge is 0.395 e. The van der Waals surface area contributed by atoms with Crippen molar-refractivity contribution in [2.45, 2.75) is 25.5 Å². The van der Waals surface area contributed by atoms with Crippen LogP contribution in [-0.2, 0) is 9.47 Å². The maximum Gasteiger partial charge on any atom is 0.0740 e. The molecule has 0 saturated carbocycles. The summed E-state index contributed by atoms with van der Waals surface area (Å²) in [6.07, 6.45) is 1.17. The molecule has 1 aliphatic heterocycles. The zero-order chi connectivity index (χ0) is 10.4. The van der Waals surface area contributed by atoms with Gasteiger partial charge in [-0.25, -0.2) is 0 Å². The van der Waals surface area contributed by atoms with E-state index < -0.39 is 0 Å². The van der Waals surface area contributed by atoms with Crippen LogP contribution in [0.5, 0.6) is 0 Å². The molecule has 0 aliphatic carbocycles. The molecule has 0 unspecified atom stereocenters. The van der Waals surface area contributed by atoms with Crippen molar-refractivity contribution >= 4 is 0 Å². The van der Waals surface area contributed by atoms with Crippen molar-refractivity contribution in [3.63, 3.8) is 0 Å². The molecule has 4 nitrogen and oxygen atoms in total. The third-order valence-electron chi connectivity index (χ3n) is 2.82. The molecule has 0 spiro atoms. The summed E-state index contributed by atoms with van der Waals surface area (Å²) in [6.45, 7) is 4.64. The number of ether oxygens (including phenoxy) is 2. The van der Waals surface area contributed by atoms with E-state index in [4.69, 9.17) is 14.6 Å². The first-order valence-corrected chi connectivity index (χ1v) is 5.24. The lowest BCUT2D eigenvalue weighted by Gasteiger charge is -2.18. The van der Waals surface area contributed by atoms with Crippen molar-refractivity contribution in [2.24, 2.45) is 5.92 Å². The van der Waals surface area contributed by atoms with Gasteiger partial charge in [0, 0.05) is 38.8 Å². The van der Waals surface area contributed by atoms with Crippen LogP contribution >= 0.6 is 0 Å². The molecule has 0 amide bonds. The monoisotopic (exact) mass is 203 g/mol. The van der Waals surface area contributed by atoms with E-state index in [1.807, 2.05) is 0 Å². The molecule has 1 rings (SSSR count). The summed E-state index contributed by atoms with van der Waals surface area (Å²) in [6, 6.07) is 0.197. The molecule has 84 valence electrons. The van der Waals surface area contributed by atoms with E-state index in [0.29, 0.717) is 5.92 Å². The van der Waals surface area contributed by atoms with Crippen LogP contribution in [-0.4, -0.2) is 50.7 Å². The summed E-state index contributed by atoms with van der Waals surface area (Å²) in [5.74, 6) is 0.391. The van der Waals surface area contributed by atoms with E-state index in [-0.39, 0.29) is 18.8 Å². The topological polar surface area (TPSA) is 50.7 Å². The van der Waals surface area contributed by atoms with Gasteiger partial charge in [0.25, 0.3) is 0 Å². The molecule has 1 heterocycles. The second-order valence-corrected chi connectivity index (χ2v) is 3.81. The lowest BCUT2D eigenvalue weighted by molar-refractivity contribution is 0.0240. The average molecular weight is 203 g/mol. The van der Waals surface area contributed by atoms with Gasteiger partial charge in [-0.3, -0.25) is 0 Å². The van der Waals surface area contributed by atoms with Gasteiger partial charge in [0.1, 0.15) is 0 Å². The minimum absolute atomic E-state index is 0.194. The molecule has 1 aliphatic rings. The Morgan fingerprint density at radius 2 is 2.21 bits per heavy atom. The maximum absolute atomic E-state index is 9.03. The van der Waals surface area contributed by atoms with Crippen molar-refractivity contribution in [3.05, 3.63) is 0 Å². The summed E-state index contributed by atoms with van der Waals surface area (Å²) >= 11 is 0. The van der Waals surface area contributed by atoms with E-state index in [1.54, 1.807) is 7.11 Å². The second kappa shape index (κ2) is 6.35. The van der Waals surface area contributed by atoms with Crippen molar-refractivity contribution < 1.29 is 14.6 Å². The minimum atomic E-state index is 0.194. The first-order chi connectivity index (χ1) is 6.79. The Morgan fingerprint density at radius 3 is 2.79 bits per heavy atom. The van der Waals surface area contributed by atoms with Crippen LogP contribution < -0.4 is 5.32 Å². The third kappa shape index (κ3) is 3.20.